The third kappa shape index (κ3) is 6.34. The second kappa shape index (κ2) is 11.7. The first-order valence-electron chi connectivity index (χ1n) is 8.11. The standard InChI is InChI=1S/C19H23Br2NO3.ClH/c1-4-25-19-14(10-15(20)11-16(19)21)12-22-8-7-13-5-6-17(23-2)18(9-13)24-3;/h5-6,9-11,22H,4,7-8,12H2,1-3H3;1H. The summed E-state index contributed by atoms with van der Waals surface area (Å²) in [7, 11) is 3.30. The molecule has 0 atom stereocenters. The fourth-order valence-corrected chi connectivity index (χ4v) is 3.97. The van der Waals surface area contributed by atoms with Crippen LogP contribution in [0.1, 0.15) is 18.1 Å². The second-order valence-corrected chi connectivity index (χ2v) is 7.19. The van der Waals surface area contributed by atoms with Gasteiger partial charge in [-0.05, 0) is 65.6 Å². The van der Waals surface area contributed by atoms with Crippen molar-refractivity contribution < 1.29 is 14.2 Å². The Morgan fingerprint density at radius 1 is 1.00 bits per heavy atom. The van der Waals surface area contributed by atoms with Crippen LogP contribution in [-0.2, 0) is 13.0 Å². The minimum absolute atomic E-state index is 0. The number of methoxy groups -OCH3 is 2. The van der Waals surface area contributed by atoms with E-state index in [4.69, 9.17) is 14.2 Å². The maximum absolute atomic E-state index is 5.76. The maximum atomic E-state index is 5.76. The van der Waals surface area contributed by atoms with E-state index in [0.29, 0.717) is 6.61 Å². The summed E-state index contributed by atoms with van der Waals surface area (Å²) in [6.45, 7) is 4.22. The molecule has 0 aliphatic heterocycles. The van der Waals surface area contributed by atoms with Crippen LogP contribution < -0.4 is 19.5 Å². The summed E-state index contributed by atoms with van der Waals surface area (Å²) < 4.78 is 18.4. The van der Waals surface area contributed by atoms with Crippen LogP contribution in [0.15, 0.2) is 39.3 Å². The Labute approximate surface area is 178 Å². The van der Waals surface area contributed by atoms with E-state index in [-0.39, 0.29) is 12.4 Å². The van der Waals surface area contributed by atoms with Gasteiger partial charge in [-0.3, -0.25) is 0 Å². The summed E-state index contributed by atoms with van der Waals surface area (Å²) >= 11 is 7.10. The Hall–Kier alpha value is -0.950. The lowest BCUT2D eigenvalue weighted by atomic mass is 10.1. The smallest absolute Gasteiger partial charge is 0.160 e. The zero-order valence-electron chi connectivity index (χ0n) is 15.1. The molecule has 144 valence electrons. The molecular formula is C19H24Br2ClNO3. The highest BCUT2D eigenvalue weighted by Gasteiger charge is 2.10. The van der Waals surface area contributed by atoms with E-state index in [1.165, 1.54) is 5.56 Å². The highest BCUT2D eigenvalue weighted by molar-refractivity contribution is 9.11. The van der Waals surface area contributed by atoms with Crippen LogP contribution in [0.4, 0.5) is 0 Å². The van der Waals surface area contributed by atoms with E-state index in [2.05, 4.69) is 49.3 Å². The van der Waals surface area contributed by atoms with Crippen molar-refractivity contribution in [3.63, 3.8) is 0 Å². The quantitative estimate of drug-likeness (QED) is 0.461. The number of ether oxygens (including phenoxy) is 3. The summed E-state index contributed by atoms with van der Waals surface area (Å²) in [5, 5.41) is 3.48. The molecule has 2 aromatic rings. The molecule has 0 saturated carbocycles. The van der Waals surface area contributed by atoms with Gasteiger partial charge < -0.3 is 19.5 Å². The Morgan fingerprint density at radius 2 is 1.73 bits per heavy atom. The molecule has 0 fully saturated rings. The predicted molar refractivity (Wildman–Crippen MR) is 115 cm³/mol. The van der Waals surface area contributed by atoms with Crippen molar-refractivity contribution in [1.29, 1.82) is 0 Å². The molecule has 7 heteroatoms. The molecule has 0 aliphatic carbocycles. The van der Waals surface area contributed by atoms with Gasteiger partial charge in [0, 0.05) is 16.6 Å². The van der Waals surface area contributed by atoms with Crippen LogP contribution in [0, 0.1) is 0 Å². The summed E-state index contributed by atoms with van der Waals surface area (Å²) in [5.74, 6) is 2.40. The molecule has 0 saturated heterocycles. The van der Waals surface area contributed by atoms with Crippen molar-refractivity contribution >= 4 is 44.3 Å². The fourth-order valence-electron chi connectivity index (χ4n) is 2.54. The third-order valence-electron chi connectivity index (χ3n) is 3.73. The van der Waals surface area contributed by atoms with E-state index in [1.807, 2.05) is 25.1 Å². The van der Waals surface area contributed by atoms with Crippen molar-refractivity contribution in [2.24, 2.45) is 0 Å². The molecule has 1 N–H and O–H groups in total. The Kier molecular flexibility index (Phi) is 10.4. The van der Waals surface area contributed by atoms with Gasteiger partial charge in [-0.25, -0.2) is 0 Å². The first kappa shape index (κ1) is 23.1. The van der Waals surface area contributed by atoms with Crippen molar-refractivity contribution in [3.8, 4) is 17.2 Å². The second-order valence-electron chi connectivity index (χ2n) is 5.42. The number of nitrogens with one attached hydrogen (secondary N) is 1. The lowest BCUT2D eigenvalue weighted by Gasteiger charge is -2.14. The summed E-state index contributed by atoms with van der Waals surface area (Å²) in [4.78, 5) is 0. The topological polar surface area (TPSA) is 39.7 Å². The van der Waals surface area contributed by atoms with Gasteiger partial charge >= 0.3 is 0 Å². The van der Waals surface area contributed by atoms with E-state index in [1.54, 1.807) is 14.2 Å². The molecule has 0 heterocycles. The van der Waals surface area contributed by atoms with E-state index < -0.39 is 0 Å². The molecule has 0 radical (unpaired) electrons. The van der Waals surface area contributed by atoms with E-state index >= 15 is 0 Å². The SMILES string of the molecule is CCOc1c(Br)cc(Br)cc1CNCCc1ccc(OC)c(OC)c1.Cl. The number of benzene rings is 2. The summed E-state index contributed by atoms with van der Waals surface area (Å²) in [5.41, 5.74) is 2.32. The molecule has 2 rings (SSSR count). The average molecular weight is 510 g/mol. The van der Waals surface area contributed by atoms with Gasteiger partial charge in [-0.1, -0.05) is 22.0 Å². The monoisotopic (exact) mass is 507 g/mol. The molecule has 0 bridgehead atoms. The van der Waals surface area contributed by atoms with Gasteiger partial charge in [0.25, 0.3) is 0 Å². The fraction of sp³-hybridized carbons (Fsp3) is 0.368. The lowest BCUT2D eigenvalue weighted by Crippen LogP contribution is -2.17. The molecule has 26 heavy (non-hydrogen) atoms. The lowest BCUT2D eigenvalue weighted by molar-refractivity contribution is 0.333. The molecule has 0 unspecified atom stereocenters. The first-order valence-corrected chi connectivity index (χ1v) is 9.70. The molecular weight excluding hydrogens is 485 g/mol. The Morgan fingerprint density at radius 3 is 2.38 bits per heavy atom. The van der Waals surface area contributed by atoms with Gasteiger partial charge in [0.15, 0.2) is 11.5 Å². The van der Waals surface area contributed by atoms with Crippen LogP contribution in [0.25, 0.3) is 0 Å². The van der Waals surface area contributed by atoms with Crippen LogP contribution >= 0.6 is 44.3 Å². The largest absolute Gasteiger partial charge is 0.493 e. The van der Waals surface area contributed by atoms with Gasteiger partial charge in [0.2, 0.25) is 0 Å². The van der Waals surface area contributed by atoms with Gasteiger partial charge in [0.05, 0.1) is 25.3 Å². The highest BCUT2D eigenvalue weighted by atomic mass is 79.9. The average Bonchev–Trinajstić information content (AvgIpc) is 2.61. The third-order valence-corrected chi connectivity index (χ3v) is 4.77. The van der Waals surface area contributed by atoms with Crippen molar-refractivity contribution in [2.45, 2.75) is 19.9 Å². The maximum Gasteiger partial charge on any atom is 0.160 e. The number of rotatable bonds is 9. The Bertz CT molecular complexity index is 713. The molecule has 0 aromatic heterocycles. The van der Waals surface area contributed by atoms with Gasteiger partial charge in [-0.15, -0.1) is 12.4 Å². The first-order chi connectivity index (χ1) is 12.1. The number of hydrogen-bond donors (Lipinski definition) is 1. The van der Waals surface area contributed by atoms with Crippen LogP contribution in [0.3, 0.4) is 0 Å². The summed E-state index contributed by atoms with van der Waals surface area (Å²) in [6.07, 6.45) is 0.902. The normalized spacial score (nSPS) is 10.2. The zero-order chi connectivity index (χ0) is 18.2. The minimum Gasteiger partial charge on any atom is -0.493 e. The predicted octanol–water partition coefficient (Wildman–Crippen LogP) is 5.38. The van der Waals surface area contributed by atoms with E-state index in [0.717, 1.165) is 51.3 Å². The van der Waals surface area contributed by atoms with Crippen molar-refractivity contribution in [3.05, 3.63) is 50.4 Å². The minimum atomic E-state index is 0. The Balaban J connectivity index is 0.00000338. The molecule has 0 spiro atoms. The van der Waals surface area contributed by atoms with Gasteiger partial charge in [-0.2, -0.15) is 0 Å². The van der Waals surface area contributed by atoms with Crippen LogP contribution in [-0.4, -0.2) is 27.4 Å². The van der Waals surface area contributed by atoms with E-state index in [9.17, 15) is 0 Å². The van der Waals surface area contributed by atoms with Crippen LogP contribution in [0.2, 0.25) is 0 Å². The molecule has 0 aliphatic rings. The molecule has 2 aromatic carbocycles. The molecule has 4 nitrogen and oxygen atoms in total. The molecule has 0 amide bonds. The van der Waals surface area contributed by atoms with Crippen molar-refractivity contribution in [2.75, 3.05) is 27.4 Å². The highest BCUT2D eigenvalue weighted by Crippen LogP contribution is 2.33. The number of halogens is 3. The number of hydrogen-bond acceptors (Lipinski definition) is 4. The van der Waals surface area contributed by atoms with Gasteiger partial charge in [0.1, 0.15) is 5.75 Å². The zero-order valence-corrected chi connectivity index (χ0v) is 19.1. The van der Waals surface area contributed by atoms with Crippen LogP contribution in [0.5, 0.6) is 17.2 Å². The van der Waals surface area contributed by atoms with Crippen molar-refractivity contribution in [1.82, 2.24) is 5.32 Å². The summed E-state index contributed by atoms with van der Waals surface area (Å²) in [6, 6.07) is 10.1.